The highest BCUT2D eigenvalue weighted by atomic mass is 16.5. The second-order valence-corrected chi connectivity index (χ2v) is 5.50. The largest absolute Gasteiger partial charge is 0.409 e. The summed E-state index contributed by atoms with van der Waals surface area (Å²) in [6, 6.07) is 4.42. The van der Waals surface area contributed by atoms with Crippen molar-refractivity contribution in [1.29, 1.82) is 0 Å². The van der Waals surface area contributed by atoms with Gasteiger partial charge in [0.15, 0.2) is 5.84 Å². The summed E-state index contributed by atoms with van der Waals surface area (Å²) in [6.45, 7) is 9.41. The van der Waals surface area contributed by atoms with E-state index in [1.54, 1.807) is 0 Å². The van der Waals surface area contributed by atoms with Crippen molar-refractivity contribution in [2.24, 2.45) is 10.9 Å². The molecule has 0 bridgehead atoms. The van der Waals surface area contributed by atoms with Gasteiger partial charge in [-0.2, -0.15) is 0 Å². The molecule has 0 radical (unpaired) electrons. The zero-order valence-electron chi connectivity index (χ0n) is 12.4. The second kappa shape index (κ2) is 6.24. The molecule has 1 heterocycles. The van der Waals surface area contributed by atoms with Crippen molar-refractivity contribution in [2.45, 2.75) is 33.4 Å². The first-order valence-corrected chi connectivity index (χ1v) is 6.89. The van der Waals surface area contributed by atoms with Crippen molar-refractivity contribution in [3.63, 3.8) is 0 Å². The predicted molar refractivity (Wildman–Crippen MR) is 79.1 cm³/mol. The number of ether oxygens (including phenoxy) is 1. The maximum atomic E-state index is 8.75. The molecule has 1 atom stereocenters. The molecule has 20 heavy (non-hydrogen) atoms. The van der Waals surface area contributed by atoms with Crippen molar-refractivity contribution in [3.05, 3.63) is 34.4 Å². The fraction of sp³-hybridized carbons (Fsp3) is 0.533. The average molecular weight is 277 g/mol. The lowest BCUT2D eigenvalue weighted by Crippen LogP contribution is -2.48. The summed E-state index contributed by atoms with van der Waals surface area (Å²) in [4.78, 5) is 2.29. The molecular formula is C15H23N3O2. The van der Waals surface area contributed by atoms with Gasteiger partial charge in [-0.15, -0.1) is 0 Å². The minimum atomic E-state index is -0.320. The Kier molecular flexibility index (Phi) is 4.62. The first kappa shape index (κ1) is 14.8. The molecule has 1 aliphatic heterocycles. The van der Waals surface area contributed by atoms with Gasteiger partial charge in [0.25, 0.3) is 0 Å². The van der Waals surface area contributed by atoms with Gasteiger partial charge >= 0.3 is 0 Å². The minimum absolute atomic E-state index is 0.145. The minimum Gasteiger partial charge on any atom is -0.409 e. The molecule has 110 valence electrons. The highest BCUT2D eigenvalue weighted by molar-refractivity contribution is 5.84. The Morgan fingerprint density at radius 1 is 1.40 bits per heavy atom. The molecule has 2 rings (SSSR count). The molecule has 3 N–H and O–H groups in total. The Morgan fingerprint density at radius 3 is 2.65 bits per heavy atom. The lowest BCUT2D eigenvalue weighted by molar-refractivity contribution is 0.00128. The molecule has 1 aromatic carbocycles. The van der Waals surface area contributed by atoms with E-state index in [1.165, 1.54) is 22.3 Å². The molecule has 0 spiro atoms. The summed E-state index contributed by atoms with van der Waals surface area (Å²) >= 11 is 0. The highest BCUT2D eigenvalue weighted by Gasteiger charge is 2.24. The van der Waals surface area contributed by atoms with Crippen LogP contribution in [0.5, 0.6) is 0 Å². The Labute approximate surface area is 120 Å². The topological polar surface area (TPSA) is 71.1 Å². The van der Waals surface area contributed by atoms with Gasteiger partial charge in [0.05, 0.1) is 6.61 Å². The molecule has 5 nitrogen and oxygen atoms in total. The maximum absolute atomic E-state index is 8.75. The first-order valence-electron chi connectivity index (χ1n) is 6.89. The molecule has 1 saturated heterocycles. The van der Waals surface area contributed by atoms with Crippen LogP contribution < -0.4 is 5.73 Å². The van der Waals surface area contributed by atoms with E-state index in [-0.39, 0.29) is 11.9 Å². The number of amidine groups is 1. The van der Waals surface area contributed by atoms with Gasteiger partial charge < -0.3 is 15.7 Å². The second-order valence-electron chi connectivity index (χ2n) is 5.50. The monoisotopic (exact) mass is 277 g/mol. The van der Waals surface area contributed by atoms with Gasteiger partial charge in [0, 0.05) is 19.6 Å². The SMILES string of the molecule is Cc1cc(C)c(CN2CCOC(C(N)=NO)C2)c(C)c1. The highest BCUT2D eigenvalue weighted by Crippen LogP contribution is 2.19. The lowest BCUT2D eigenvalue weighted by Gasteiger charge is -2.33. The summed E-state index contributed by atoms with van der Waals surface area (Å²) in [6.07, 6.45) is -0.320. The molecule has 0 saturated carbocycles. The number of hydrogen-bond donors (Lipinski definition) is 2. The summed E-state index contributed by atoms with van der Waals surface area (Å²) in [7, 11) is 0. The summed E-state index contributed by atoms with van der Waals surface area (Å²) in [5, 5.41) is 11.8. The Balaban J connectivity index is 2.10. The van der Waals surface area contributed by atoms with E-state index in [9.17, 15) is 0 Å². The van der Waals surface area contributed by atoms with Crippen LogP contribution in [0.15, 0.2) is 17.3 Å². The van der Waals surface area contributed by atoms with Gasteiger partial charge in [-0.1, -0.05) is 22.9 Å². The van der Waals surface area contributed by atoms with E-state index in [0.717, 1.165) is 13.1 Å². The molecule has 1 unspecified atom stereocenters. The van der Waals surface area contributed by atoms with Crippen LogP contribution in [0.4, 0.5) is 0 Å². The van der Waals surface area contributed by atoms with E-state index >= 15 is 0 Å². The van der Waals surface area contributed by atoms with Gasteiger partial charge in [-0.25, -0.2) is 0 Å². The fourth-order valence-corrected chi connectivity index (χ4v) is 2.77. The number of benzene rings is 1. The summed E-state index contributed by atoms with van der Waals surface area (Å²) in [5.74, 6) is 0.145. The number of nitrogens with zero attached hydrogens (tertiary/aromatic N) is 2. The molecule has 0 aliphatic carbocycles. The third-order valence-electron chi connectivity index (χ3n) is 3.82. The van der Waals surface area contributed by atoms with Crippen LogP contribution in [-0.4, -0.2) is 41.7 Å². The molecule has 1 aromatic rings. The molecule has 1 aliphatic rings. The number of morpholine rings is 1. The zero-order chi connectivity index (χ0) is 14.7. The van der Waals surface area contributed by atoms with Crippen LogP contribution >= 0.6 is 0 Å². The average Bonchev–Trinajstić information content (AvgIpc) is 2.42. The smallest absolute Gasteiger partial charge is 0.169 e. The Morgan fingerprint density at radius 2 is 2.05 bits per heavy atom. The number of oxime groups is 1. The van der Waals surface area contributed by atoms with E-state index in [1.807, 2.05) is 0 Å². The normalized spacial score (nSPS) is 21.1. The number of rotatable bonds is 3. The van der Waals surface area contributed by atoms with E-state index in [2.05, 4.69) is 43.0 Å². The molecular weight excluding hydrogens is 254 g/mol. The van der Waals surface area contributed by atoms with Gasteiger partial charge in [-0.3, -0.25) is 4.90 Å². The van der Waals surface area contributed by atoms with Crippen molar-refractivity contribution in [2.75, 3.05) is 19.7 Å². The Hall–Kier alpha value is -1.59. The third kappa shape index (κ3) is 3.29. The van der Waals surface area contributed by atoms with E-state index in [0.29, 0.717) is 13.2 Å². The summed E-state index contributed by atoms with van der Waals surface area (Å²) < 4.78 is 5.52. The van der Waals surface area contributed by atoms with Gasteiger partial charge in [0.1, 0.15) is 6.10 Å². The predicted octanol–water partition coefficient (Wildman–Crippen LogP) is 1.56. The molecule has 0 aromatic heterocycles. The van der Waals surface area contributed by atoms with Crippen molar-refractivity contribution < 1.29 is 9.94 Å². The molecule has 5 heteroatoms. The third-order valence-corrected chi connectivity index (χ3v) is 3.82. The standard InChI is InChI=1S/C15H23N3O2/c1-10-6-11(2)13(12(3)7-10)8-18-4-5-20-14(9-18)15(16)17-19/h6-7,14,19H,4-5,8-9H2,1-3H3,(H2,16,17). The fourth-order valence-electron chi connectivity index (χ4n) is 2.77. The molecule has 1 fully saturated rings. The van der Waals surface area contributed by atoms with Crippen LogP contribution in [-0.2, 0) is 11.3 Å². The van der Waals surface area contributed by atoms with Crippen LogP contribution in [0.25, 0.3) is 0 Å². The number of nitrogens with two attached hydrogens (primary N) is 1. The van der Waals surface area contributed by atoms with Crippen LogP contribution in [0.1, 0.15) is 22.3 Å². The van der Waals surface area contributed by atoms with E-state index < -0.39 is 0 Å². The quantitative estimate of drug-likeness (QED) is 0.381. The van der Waals surface area contributed by atoms with Crippen LogP contribution in [0.2, 0.25) is 0 Å². The van der Waals surface area contributed by atoms with Gasteiger partial charge in [0.2, 0.25) is 0 Å². The van der Waals surface area contributed by atoms with E-state index in [4.69, 9.17) is 15.7 Å². The number of hydrogen-bond acceptors (Lipinski definition) is 4. The first-order chi connectivity index (χ1) is 9.51. The maximum Gasteiger partial charge on any atom is 0.169 e. The Bertz CT molecular complexity index is 491. The van der Waals surface area contributed by atoms with Crippen LogP contribution in [0, 0.1) is 20.8 Å². The molecule has 0 amide bonds. The van der Waals surface area contributed by atoms with Crippen molar-refractivity contribution in [1.82, 2.24) is 4.90 Å². The van der Waals surface area contributed by atoms with Crippen molar-refractivity contribution >= 4 is 5.84 Å². The number of aryl methyl sites for hydroxylation is 3. The van der Waals surface area contributed by atoms with Crippen LogP contribution in [0.3, 0.4) is 0 Å². The van der Waals surface area contributed by atoms with Crippen molar-refractivity contribution in [3.8, 4) is 0 Å². The van der Waals surface area contributed by atoms with Gasteiger partial charge in [-0.05, 0) is 37.5 Å². The lowest BCUT2D eigenvalue weighted by atomic mass is 9.99. The zero-order valence-corrected chi connectivity index (χ0v) is 12.4. The summed E-state index contributed by atoms with van der Waals surface area (Å²) in [5.41, 5.74) is 10.9.